The Morgan fingerprint density at radius 2 is 1.80 bits per heavy atom. The number of benzene rings is 2. The Balaban J connectivity index is 1.47. The van der Waals surface area contributed by atoms with Gasteiger partial charge in [-0.05, 0) is 59.7 Å². The highest BCUT2D eigenvalue weighted by Gasteiger charge is 2.38. The molecule has 3 amide bonds. The van der Waals surface area contributed by atoms with Gasteiger partial charge in [-0.1, -0.05) is 34.5 Å². The van der Waals surface area contributed by atoms with Gasteiger partial charge in [-0.25, -0.2) is 19.0 Å². The topological polar surface area (TPSA) is 110 Å². The van der Waals surface area contributed by atoms with Gasteiger partial charge in [0, 0.05) is 37.2 Å². The summed E-state index contributed by atoms with van der Waals surface area (Å²) in [6.45, 7) is 11.7. The average Bonchev–Trinajstić information content (AvgIpc) is 3.32. The summed E-state index contributed by atoms with van der Waals surface area (Å²) in [5.74, 6) is -0.713. The molecule has 2 aliphatic rings. The van der Waals surface area contributed by atoms with E-state index in [1.54, 1.807) is 51.3 Å². The van der Waals surface area contributed by atoms with Crippen LogP contribution in [-0.2, 0) is 9.47 Å². The van der Waals surface area contributed by atoms with Gasteiger partial charge < -0.3 is 24.0 Å². The summed E-state index contributed by atoms with van der Waals surface area (Å²) in [5, 5.41) is 2.89. The normalized spacial score (nSPS) is 17.3. The van der Waals surface area contributed by atoms with Gasteiger partial charge in [0.1, 0.15) is 17.0 Å². The number of ether oxygens (including phenoxy) is 3. The standard InChI is InChI=1S/C30H33Cl2FN4O6S/c1-29(2,3)42-27(39)35-26-34-22-16(7-8-19(33)24(22)44-26)20-18(31)13-17-23(21(20)32)41-12-9-15-14-36(10-11-37(15)25(17)38)28(40)43-30(4,5)6/h7-8,13,15H,9-12,14H2,1-6H3,(H,34,35,39)/t15-/m0/s1. The zero-order valence-corrected chi connectivity index (χ0v) is 27.5. The minimum Gasteiger partial charge on any atom is -0.491 e. The van der Waals surface area contributed by atoms with Crippen molar-refractivity contribution in [3.05, 3.63) is 39.6 Å². The van der Waals surface area contributed by atoms with Gasteiger partial charge in [-0.15, -0.1) is 0 Å². The summed E-state index contributed by atoms with van der Waals surface area (Å²) in [6, 6.07) is 3.95. The summed E-state index contributed by atoms with van der Waals surface area (Å²) in [7, 11) is 0. The molecule has 0 bridgehead atoms. The molecule has 0 unspecified atom stereocenters. The fourth-order valence-electron chi connectivity index (χ4n) is 5.08. The number of carbonyl (C=O) groups is 3. The van der Waals surface area contributed by atoms with E-state index in [0.29, 0.717) is 37.2 Å². The summed E-state index contributed by atoms with van der Waals surface area (Å²) >= 11 is 14.6. The molecular weight excluding hydrogens is 634 g/mol. The summed E-state index contributed by atoms with van der Waals surface area (Å²) in [4.78, 5) is 46.6. The third-order valence-corrected chi connectivity index (χ3v) is 8.51. The number of nitrogens with one attached hydrogen (secondary N) is 1. The molecule has 1 atom stereocenters. The van der Waals surface area contributed by atoms with Gasteiger partial charge in [0.15, 0.2) is 10.9 Å². The van der Waals surface area contributed by atoms with E-state index in [1.807, 2.05) is 0 Å². The van der Waals surface area contributed by atoms with Crippen molar-refractivity contribution in [1.29, 1.82) is 0 Å². The van der Waals surface area contributed by atoms with Gasteiger partial charge in [0.25, 0.3) is 5.91 Å². The van der Waals surface area contributed by atoms with E-state index in [-0.39, 0.29) is 55.3 Å². The Bertz CT molecular complexity index is 1650. The van der Waals surface area contributed by atoms with Crippen molar-refractivity contribution in [3.63, 3.8) is 0 Å². The maximum Gasteiger partial charge on any atom is 0.413 e. The van der Waals surface area contributed by atoms with E-state index in [4.69, 9.17) is 37.4 Å². The predicted molar refractivity (Wildman–Crippen MR) is 168 cm³/mol. The first-order chi connectivity index (χ1) is 20.5. The van der Waals surface area contributed by atoms with Gasteiger partial charge in [0.05, 0.1) is 38.5 Å². The van der Waals surface area contributed by atoms with Crippen LogP contribution in [-0.4, -0.2) is 76.4 Å². The number of halogens is 3. The second-order valence-electron chi connectivity index (χ2n) is 12.6. The molecule has 0 spiro atoms. The molecule has 2 aliphatic heterocycles. The zero-order chi connectivity index (χ0) is 32.1. The number of amides is 3. The minimum atomic E-state index is -0.734. The molecule has 236 valence electrons. The number of hydrogen-bond donors (Lipinski definition) is 1. The lowest BCUT2D eigenvalue weighted by Gasteiger charge is -2.42. The van der Waals surface area contributed by atoms with E-state index < -0.39 is 29.2 Å². The monoisotopic (exact) mass is 666 g/mol. The second-order valence-corrected chi connectivity index (χ2v) is 14.3. The Morgan fingerprint density at radius 1 is 1.09 bits per heavy atom. The van der Waals surface area contributed by atoms with Crippen LogP contribution in [0, 0.1) is 5.82 Å². The molecule has 3 aromatic rings. The first-order valence-electron chi connectivity index (χ1n) is 14.1. The minimum absolute atomic E-state index is 0.0780. The molecule has 5 rings (SSSR count). The van der Waals surface area contributed by atoms with Crippen LogP contribution in [0.3, 0.4) is 0 Å². The molecule has 1 N–H and O–H groups in total. The smallest absolute Gasteiger partial charge is 0.413 e. The Kier molecular flexibility index (Phi) is 8.65. The number of fused-ring (bicyclic) bond motifs is 3. The van der Waals surface area contributed by atoms with Crippen molar-refractivity contribution in [2.45, 2.75) is 65.2 Å². The largest absolute Gasteiger partial charge is 0.491 e. The predicted octanol–water partition coefficient (Wildman–Crippen LogP) is 7.60. The van der Waals surface area contributed by atoms with E-state index in [2.05, 4.69) is 10.3 Å². The highest BCUT2D eigenvalue weighted by Crippen LogP contribution is 2.47. The Labute approximate surface area is 268 Å². The van der Waals surface area contributed by atoms with Crippen LogP contribution < -0.4 is 10.1 Å². The summed E-state index contributed by atoms with van der Waals surface area (Å²) < 4.78 is 32.0. The Morgan fingerprint density at radius 3 is 2.48 bits per heavy atom. The number of aromatic nitrogens is 1. The van der Waals surface area contributed by atoms with Crippen LogP contribution in [0.1, 0.15) is 58.3 Å². The molecule has 1 saturated heterocycles. The molecule has 2 aromatic carbocycles. The van der Waals surface area contributed by atoms with Crippen LogP contribution in [0.5, 0.6) is 5.75 Å². The molecule has 1 fully saturated rings. The number of carbonyl (C=O) groups excluding carboxylic acids is 3. The third-order valence-electron chi connectivity index (χ3n) is 6.87. The fourth-order valence-corrected chi connectivity index (χ4v) is 6.68. The van der Waals surface area contributed by atoms with E-state index in [9.17, 15) is 18.8 Å². The van der Waals surface area contributed by atoms with Crippen LogP contribution in [0.2, 0.25) is 10.0 Å². The second kappa shape index (κ2) is 11.9. The van der Waals surface area contributed by atoms with Crippen LogP contribution in [0.15, 0.2) is 18.2 Å². The van der Waals surface area contributed by atoms with Crippen molar-refractivity contribution in [1.82, 2.24) is 14.8 Å². The molecule has 3 heterocycles. The first-order valence-corrected chi connectivity index (χ1v) is 15.6. The molecule has 14 heteroatoms. The SMILES string of the molecule is CC(C)(C)OC(=O)Nc1nc2c(-c3c(Cl)cc4c(c3Cl)OCC[C@H]3CN(C(=O)OC(C)(C)C)CCN3C4=O)ccc(F)c2s1. The van der Waals surface area contributed by atoms with Crippen LogP contribution in [0.4, 0.5) is 19.1 Å². The van der Waals surface area contributed by atoms with Crippen molar-refractivity contribution in [2.75, 3.05) is 31.6 Å². The quantitative estimate of drug-likeness (QED) is 0.300. The van der Waals surface area contributed by atoms with Crippen LogP contribution in [0.25, 0.3) is 21.3 Å². The van der Waals surface area contributed by atoms with Gasteiger partial charge in [-0.3, -0.25) is 10.1 Å². The zero-order valence-electron chi connectivity index (χ0n) is 25.2. The maximum absolute atomic E-state index is 14.9. The first kappa shape index (κ1) is 32.1. The van der Waals surface area contributed by atoms with Crippen molar-refractivity contribution < 1.29 is 33.0 Å². The highest BCUT2D eigenvalue weighted by atomic mass is 35.5. The van der Waals surface area contributed by atoms with Gasteiger partial charge in [-0.2, -0.15) is 0 Å². The number of rotatable bonds is 2. The number of piperazine rings is 1. The van der Waals surface area contributed by atoms with Gasteiger partial charge >= 0.3 is 12.2 Å². The lowest BCUT2D eigenvalue weighted by atomic mass is 9.99. The van der Waals surface area contributed by atoms with E-state index in [0.717, 1.165) is 11.3 Å². The number of anilines is 1. The molecule has 0 aliphatic carbocycles. The highest BCUT2D eigenvalue weighted by molar-refractivity contribution is 7.22. The van der Waals surface area contributed by atoms with Gasteiger partial charge in [0.2, 0.25) is 0 Å². The molecule has 1 aromatic heterocycles. The molecule has 0 radical (unpaired) electrons. The number of thiazole rings is 1. The van der Waals surface area contributed by atoms with Crippen LogP contribution >= 0.6 is 34.5 Å². The Hall–Kier alpha value is -3.35. The third kappa shape index (κ3) is 6.67. The maximum atomic E-state index is 14.9. The number of nitrogens with zero attached hydrogens (tertiary/aromatic N) is 3. The summed E-state index contributed by atoms with van der Waals surface area (Å²) in [6.07, 6.45) is -0.709. The van der Waals surface area contributed by atoms with Crippen molar-refractivity contribution >= 4 is 68.0 Å². The molecule has 10 nitrogen and oxygen atoms in total. The van der Waals surface area contributed by atoms with Crippen molar-refractivity contribution in [2.24, 2.45) is 0 Å². The summed E-state index contributed by atoms with van der Waals surface area (Å²) in [5.41, 5.74) is -0.255. The van der Waals surface area contributed by atoms with Crippen molar-refractivity contribution in [3.8, 4) is 16.9 Å². The van der Waals surface area contributed by atoms with E-state index >= 15 is 0 Å². The lowest BCUT2D eigenvalue weighted by molar-refractivity contribution is 0.00109. The molecule has 0 saturated carbocycles. The lowest BCUT2D eigenvalue weighted by Crippen LogP contribution is -2.58. The number of hydrogen-bond acceptors (Lipinski definition) is 8. The molecular formula is C30H33Cl2FN4O6S. The average molecular weight is 668 g/mol. The van der Waals surface area contributed by atoms with E-state index in [1.165, 1.54) is 18.2 Å². The fraction of sp³-hybridized carbons (Fsp3) is 0.467. The molecule has 44 heavy (non-hydrogen) atoms.